The summed E-state index contributed by atoms with van der Waals surface area (Å²) in [6, 6.07) is 27.8. The maximum absolute atomic E-state index is 13.3. The Morgan fingerprint density at radius 3 is 1.47 bits per heavy atom. The van der Waals surface area contributed by atoms with Crippen LogP contribution in [0.5, 0.6) is 0 Å². The molecule has 0 bridgehead atoms. The Morgan fingerprint density at radius 2 is 1.05 bits per heavy atom. The van der Waals surface area contributed by atoms with Crippen molar-refractivity contribution in [2.45, 2.75) is 33.1 Å². The van der Waals surface area contributed by atoms with Crippen molar-refractivity contribution < 1.29 is 9.59 Å². The van der Waals surface area contributed by atoms with E-state index in [4.69, 9.17) is 23.2 Å². The monoisotopic (exact) mass is 1060 g/mol. The fourth-order valence-corrected chi connectivity index (χ4v) is 9.20. The van der Waals surface area contributed by atoms with Gasteiger partial charge in [-0.3, -0.25) is 9.59 Å². The van der Waals surface area contributed by atoms with Crippen molar-refractivity contribution in [1.29, 1.82) is 0 Å². The second-order valence-corrected chi connectivity index (χ2v) is 19.3. The van der Waals surface area contributed by atoms with Gasteiger partial charge in [0.05, 0.1) is 0 Å². The lowest BCUT2D eigenvalue weighted by Crippen LogP contribution is -2.45. The van der Waals surface area contributed by atoms with Crippen LogP contribution < -0.4 is 5.32 Å². The zero-order valence-electron chi connectivity index (χ0n) is 34.8. The fourth-order valence-electron chi connectivity index (χ4n) is 7.77. The molecule has 1 N–H and O–H groups in total. The van der Waals surface area contributed by atoms with Crippen LogP contribution in [0.15, 0.2) is 117 Å². The van der Waals surface area contributed by atoms with Crippen molar-refractivity contribution in [1.82, 2.24) is 20.0 Å². The van der Waals surface area contributed by atoms with Gasteiger partial charge in [-0.25, -0.2) is 0 Å². The predicted octanol–water partition coefficient (Wildman–Crippen LogP) is 12.0. The minimum atomic E-state index is 0. The molecule has 62 heavy (non-hydrogen) atoms. The molecule has 6 nitrogen and oxygen atoms in total. The maximum atomic E-state index is 13.3. The van der Waals surface area contributed by atoms with Crippen LogP contribution in [-0.2, 0) is 22.4 Å². The molecule has 328 valence electrons. The quantitative estimate of drug-likeness (QED) is 0.151. The Labute approximate surface area is 404 Å². The fraction of sp³-hybridized carbons (Fsp3) is 0.333. The zero-order chi connectivity index (χ0) is 43.3. The smallest absolute Gasteiger partial charge is 0.165 e. The molecule has 2 heterocycles. The summed E-state index contributed by atoms with van der Waals surface area (Å²) >= 11 is 22.4. The number of carbonyl (C=O) groups excluding carboxylic acids is 2. The molecule has 0 saturated carbocycles. The van der Waals surface area contributed by atoms with Crippen LogP contribution >= 0.6 is 71.0 Å². The number of benzene rings is 4. The summed E-state index contributed by atoms with van der Waals surface area (Å²) in [6.45, 7) is 9.79. The van der Waals surface area contributed by atoms with E-state index in [0.717, 1.165) is 122 Å². The minimum absolute atomic E-state index is 0. The van der Waals surface area contributed by atoms with Crippen LogP contribution in [0.2, 0.25) is 10.0 Å². The van der Waals surface area contributed by atoms with E-state index in [1.165, 1.54) is 24.2 Å². The standard InChI is InChI=1S/C25H26BrClN2O.C20H15Br2ClO.C5H12N2.CH4/c1-28-12-14-29(15-13-28)11-10-24(30)25-19(5-2-18-3-7-22(27)8-4-18)16-20-17-21(26)6-9-23(20)25;21-10-9-19(24)20-14(4-1-13-2-6-17(23)7-3-13)11-15-12-16(22)5-8-18(15)20;1-7-4-2-6-3-5-7;/h2-9,17H,10-16H2,1H3;1-8,12H,9-11H2;6H,2-5H2,1H3;1H4/b5-2+;4-1+;;. The first-order valence-corrected chi connectivity index (χ1v) is 24.3. The average Bonchev–Trinajstić information content (AvgIpc) is 3.81. The van der Waals surface area contributed by atoms with Crippen molar-refractivity contribution in [3.8, 4) is 0 Å². The third-order valence-electron chi connectivity index (χ3n) is 11.2. The SMILES string of the molecule is C.CN1CCN(CCC(=O)C2=C(/C=C/c3ccc(Cl)cc3)Cc3cc(Br)ccc32)CC1.CN1CCNCC1.O=C(CCBr)C1=C(/C=C/c2ccc(Cl)cc2)Cc2cc(Br)ccc21. The zero-order valence-corrected chi connectivity index (χ0v) is 41.1. The van der Waals surface area contributed by atoms with Gasteiger partial charge in [0.1, 0.15) is 0 Å². The number of ketones is 2. The molecular weight excluding hydrogens is 1010 g/mol. The number of halogens is 5. The van der Waals surface area contributed by atoms with E-state index in [1.54, 1.807) is 0 Å². The lowest BCUT2D eigenvalue weighted by Gasteiger charge is -2.32. The first-order valence-electron chi connectivity index (χ1n) is 20.8. The van der Waals surface area contributed by atoms with E-state index in [9.17, 15) is 9.59 Å². The van der Waals surface area contributed by atoms with E-state index in [2.05, 4.69) is 118 Å². The molecule has 0 unspecified atom stereocenters. The van der Waals surface area contributed by atoms with E-state index in [1.807, 2.05) is 72.8 Å². The largest absolute Gasteiger partial charge is 0.314 e. The average molecular weight is 1070 g/mol. The minimum Gasteiger partial charge on any atom is -0.314 e. The van der Waals surface area contributed by atoms with Gasteiger partial charge in [0.15, 0.2) is 11.6 Å². The van der Waals surface area contributed by atoms with Gasteiger partial charge < -0.3 is 20.0 Å². The summed E-state index contributed by atoms with van der Waals surface area (Å²) in [7, 11) is 4.31. The number of piperazine rings is 2. The predicted molar refractivity (Wildman–Crippen MR) is 275 cm³/mol. The number of alkyl halides is 1. The summed E-state index contributed by atoms with van der Waals surface area (Å²) in [5, 5.41) is 5.40. The maximum Gasteiger partial charge on any atom is 0.165 e. The number of allylic oxidation sites excluding steroid dienone is 6. The van der Waals surface area contributed by atoms with Gasteiger partial charge in [-0.15, -0.1) is 0 Å². The van der Waals surface area contributed by atoms with Gasteiger partial charge >= 0.3 is 0 Å². The van der Waals surface area contributed by atoms with Gasteiger partial charge in [0.25, 0.3) is 0 Å². The summed E-state index contributed by atoms with van der Waals surface area (Å²) in [6.07, 6.45) is 10.9. The lowest BCUT2D eigenvalue weighted by atomic mass is 9.98. The Kier molecular flexibility index (Phi) is 20.1. The number of rotatable bonds is 11. The molecule has 0 atom stereocenters. The molecule has 0 spiro atoms. The number of hydrogen-bond donors (Lipinski definition) is 1. The molecule has 2 aliphatic heterocycles. The Balaban J connectivity index is 0.000000203. The number of nitrogens with zero attached hydrogens (tertiary/aromatic N) is 3. The molecule has 0 radical (unpaired) electrons. The molecule has 4 aromatic carbocycles. The summed E-state index contributed by atoms with van der Waals surface area (Å²) < 4.78 is 2.09. The number of hydrogen-bond acceptors (Lipinski definition) is 6. The first kappa shape index (κ1) is 50.0. The van der Waals surface area contributed by atoms with Gasteiger partial charge in [-0.2, -0.15) is 0 Å². The topological polar surface area (TPSA) is 55.9 Å². The summed E-state index contributed by atoms with van der Waals surface area (Å²) in [4.78, 5) is 33.0. The number of nitrogens with one attached hydrogen (secondary N) is 1. The third kappa shape index (κ3) is 14.5. The number of likely N-dealkylation sites (N-methyl/N-ethyl adjacent to an activating group) is 2. The van der Waals surface area contributed by atoms with Gasteiger partial charge in [0.2, 0.25) is 0 Å². The van der Waals surface area contributed by atoms with Crippen molar-refractivity contribution in [3.05, 3.63) is 161 Å². The molecule has 2 saturated heterocycles. The van der Waals surface area contributed by atoms with Gasteiger partial charge in [0, 0.05) is 107 Å². The van der Waals surface area contributed by atoms with Crippen LogP contribution in [-0.4, -0.2) is 105 Å². The molecule has 0 amide bonds. The van der Waals surface area contributed by atoms with E-state index in [-0.39, 0.29) is 19.0 Å². The van der Waals surface area contributed by atoms with E-state index in [0.29, 0.717) is 18.2 Å². The molecule has 4 aliphatic rings. The van der Waals surface area contributed by atoms with Gasteiger partial charge in [-0.1, -0.05) is 139 Å². The molecule has 8 rings (SSSR count). The van der Waals surface area contributed by atoms with Crippen LogP contribution in [0.1, 0.15) is 53.6 Å². The number of carbonyl (C=O) groups is 2. The highest BCUT2D eigenvalue weighted by Crippen LogP contribution is 2.38. The highest BCUT2D eigenvalue weighted by molar-refractivity contribution is 9.10. The Morgan fingerprint density at radius 1 is 0.613 bits per heavy atom. The molecule has 2 aliphatic carbocycles. The summed E-state index contributed by atoms with van der Waals surface area (Å²) in [5.74, 6) is 0.425. The van der Waals surface area contributed by atoms with E-state index >= 15 is 0 Å². The first-order chi connectivity index (χ1) is 29.5. The van der Waals surface area contributed by atoms with Gasteiger partial charge in [-0.05, 0) is 120 Å². The van der Waals surface area contributed by atoms with E-state index < -0.39 is 0 Å². The summed E-state index contributed by atoms with van der Waals surface area (Å²) in [5.41, 5.74) is 10.6. The highest BCUT2D eigenvalue weighted by Gasteiger charge is 2.27. The highest BCUT2D eigenvalue weighted by atomic mass is 79.9. The Hall–Kier alpha value is -2.96. The lowest BCUT2D eigenvalue weighted by molar-refractivity contribution is -0.114. The van der Waals surface area contributed by atoms with Crippen molar-refractivity contribution in [3.63, 3.8) is 0 Å². The second kappa shape index (κ2) is 24.9. The molecule has 11 heteroatoms. The van der Waals surface area contributed by atoms with Crippen molar-refractivity contribution >= 4 is 106 Å². The number of fused-ring (bicyclic) bond motifs is 2. The Bertz CT molecular complexity index is 2280. The normalized spacial score (nSPS) is 16.7. The van der Waals surface area contributed by atoms with Crippen molar-refractivity contribution in [2.24, 2.45) is 0 Å². The molecule has 4 aromatic rings. The van der Waals surface area contributed by atoms with Crippen LogP contribution in [0.3, 0.4) is 0 Å². The third-order valence-corrected chi connectivity index (χ3v) is 13.1. The molecular formula is C51H57Br3Cl2N4O2. The molecule has 0 aromatic heterocycles. The molecule has 2 fully saturated rings. The van der Waals surface area contributed by atoms with Crippen LogP contribution in [0.4, 0.5) is 0 Å². The second-order valence-electron chi connectivity index (χ2n) is 15.8. The van der Waals surface area contributed by atoms with Crippen molar-refractivity contribution in [2.75, 3.05) is 78.3 Å². The van der Waals surface area contributed by atoms with Crippen LogP contribution in [0, 0.1) is 0 Å². The number of Topliss-reactive ketones (excluding diaryl/α,β-unsaturated/α-hetero) is 2. The van der Waals surface area contributed by atoms with Crippen LogP contribution in [0.25, 0.3) is 23.3 Å².